The fourth-order valence-electron chi connectivity index (χ4n) is 11.1. The highest BCUT2D eigenvalue weighted by Gasteiger charge is 2.27. The molecule has 0 aromatic rings. The first-order valence-electron chi connectivity index (χ1n) is 36.9. The molecular formula is C75H143N2O7P. The summed E-state index contributed by atoms with van der Waals surface area (Å²) in [4.78, 5) is 40.2. The van der Waals surface area contributed by atoms with Crippen molar-refractivity contribution in [2.24, 2.45) is 0 Å². The Morgan fingerprint density at radius 1 is 0.412 bits per heavy atom. The number of ether oxygens (including phenoxy) is 1. The molecule has 0 spiro atoms. The lowest BCUT2D eigenvalue weighted by atomic mass is 10.0. The topological polar surface area (TPSA) is 114 Å². The Balaban J connectivity index is 4.96. The van der Waals surface area contributed by atoms with Gasteiger partial charge in [0.05, 0.1) is 33.8 Å². The van der Waals surface area contributed by atoms with Crippen LogP contribution in [0.5, 0.6) is 0 Å². The minimum Gasteiger partial charge on any atom is -0.756 e. The maximum Gasteiger partial charge on any atom is 0.306 e. The van der Waals surface area contributed by atoms with E-state index in [0.29, 0.717) is 17.4 Å². The summed E-state index contributed by atoms with van der Waals surface area (Å²) in [5, 5.41) is 3.05. The molecule has 1 N–H and O–H groups in total. The Morgan fingerprint density at radius 3 is 1.09 bits per heavy atom. The lowest BCUT2D eigenvalue weighted by Crippen LogP contribution is -2.47. The molecule has 0 bridgehead atoms. The van der Waals surface area contributed by atoms with Gasteiger partial charge in [0.1, 0.15) is 19.3 Å². The first-order chi connectivity index (χ1) is 41.4. The van der Waals surface area contributed by atoms with Gasteiger partial charge in [-0.05, 0) is 70.3 Å². The van der Waals surface area contributed by atoms with Crippen molar-refractivity contribution in [2.75, 3.05) is 40.9 Å². The lowest BCUT2D eigenvalue weighted by molar-refractivity contribution is -0.870. The maximum absolute atomic E-state index is 13.6. The molecular weight excluding hydrogens is 1070 g/mol. The summed E-state index contributed by atoms with van der Waals surface area (Å²) in [5.74, 6) is -0.528. The molecule has 500 valence electrons. The Hall–Kier alpha value is -2.03. The molecule has 0 aliphatic heterocycles. The molecule has 0 saturated heterocycles. The molecule has 85 heavy (non-hydrogen) atoms. The number of esters is 1. The molecule has 0 aromatic heterocycles. The van der Waals surface area contributed by atoms with Gasteiger partial charge in [-0.15, -0.1) is 0 Å². The van der Waals surface area contributed by atoms with Crippen LogP contribution in [0.15, 0.2) is 48.6 Å². The van der Waals surface area contributed by atoms with Crippen molar-refractivity contribution < 1.29 is 37.3 Å². The van der Waals surface area contributed by atoms with Crippen LogP contribution in [0.4, 0.5) is 0 Å². The molecule has 0 fully saturated rings. The van der Waals surface area contributed by atoms with Crippen molar-refractivity contribution in [3.63, 3.8) is 0 Å². The predicted molar refractivity (Wildman–Crippen MR) is 367 cm³/mol. The largest absolute Gasteiger partial charge is 0.756 e. The number of likely N-dealkylation sites (N-methyl/N-ethyl adjacent to an activating group) is 1. The summed E-state index contributed by atoms with van der Waals surface area (Å²) < 4.78 is 30.5. The molecule has 0 rings (SSSR count). The third kappa shape index (κ3) is 66.2. The van der Waals surface area contributed by atoms with Crippen molar-refractivity contribution >= 4 is 19.7 Å². The van der Waals surface area contributed by atoms with Gasteiger partial charge < -0.3 is 28.5 Å². The standard InChI is InChI=1S/C75H143N2O7P/c1-7-10-13-16-19-22-25-27-29-31-33-35-37-38-40-42-44-46-48-50-53-56-59-62-65-68-75(79)84-73(66-63-60-57-54-51-24-21-18-15-12-9-3)72(71-83-85(80,81)82-70-69-77(4,5)6)76-74(78)67-64-61-58-55-52-49-47-45-43-41-39-36-34-32-30-28-26-23-20-17-14-11-8-2/h20,23,28,30,34,36,63,66,72-73H,7-19,21-22,24-27,29,31-33,35,37-62,64-65,67-71H2,1-6H3,(H-,76,78,80,81)/b23-20-,30-28-,36-34-,66-63+. The van der Waals surface area contributed by atoms with E-state index in [9.17, 15) is 19.0 Å². The van der Waals surface area contributed by atoms with Crippen LogP contribution in [0.3, 0.4) is 0 Å². The summed E-state index contributed by atoms with van der Waals surface area (Å²) in [6, 6.07) is -0.889. The van der Waals surface area contributed by atoms with Crippen molar-refractivity contribution in [3.8, 4) is 0 Å². The number of nitrogens with zero attached hydrogens (tertiary/aromatic N) is 1. The quantitative estimate of drug-likeness (QED) is 0.0212. The smallest absolute Gasteiger partial charge is 0.306 e. The van der Waals surface area contributed by atoms with Crippen LogP contribution in [0.25, 0.3) is 0 Å². The number of phosphoric ester groups is 1. The van der Waals surface area contributed by atoms with Crippen LogP contribution in [-0.2, 0) is 27.9 Å². The Bertz CT molecular complexity index is 1590. The van der Waals surface area contributed by atoms with E-state index in [-0.39, 0.29) is 31.5 Å². The van der Waals surface area contributed by atoms with Crippen LogP contribution in [0, 0.1) is 0 Å². The maximum atomic E-state index is 13.6. The molecule has 0 radical (unpaired) electrons. The Morgan fingerprint density at radius 2 is 0.718 bits per heavy atom. The van der Waals surface area contributed by atoms with Gasteiger partial charge in [-0.25, -0.2) is 0 Å². The Kier molecular flexibility index (Phi) is 63.4. The van der Waals surface area contributed by atoms with E-state index in [1.807, 2.05) is 33.3 Å². The van der Waals surface area contributed by atoms with E-state index in [2.05, 4.69) is 62.5 Å². The van der Waals surface area contributed by atoms with E-state index < -0.39 is 20.0 Å². The zero-order chi connectivity index (χ0) is 62.1. The number of allylic oxidation sites excluding steroid dienone is 7. The molecule has 3 unspecified atom stereocenters. The summed E-state index contributed by atoms with van der Waals surface area (Å²) in [6.07, 6.45) is 82.5. The number of hydrogen-bond donors (Lipinski definition) is 1. The normalized spacial score (nSPS) is 13.7. The lowest BCUT2D eigenvalue weighted by Gasteiger charge is -2.30. The van der Waals surface area contributed by atoms with Gasteiger partial charge in [0.25, 0.3) is 7.82 Å². The summed E-state index contributed by atoms with van der Waals surface area (Å²) >= 11 is 0. The zero-order valence-corrected chi connectivity index (χ0v) is 58.2. The highest BCUT2D eigenvalue weighted by atomic mass is 31.2. The van der Waals surface area contributed by atoms with Crippen molar-refractivity contribution in [2.45, 2.75) is 380 Å². The van der Waals surface area contributed by atoms with Gasteiger partial charge in [0, 0.05) is 12.8 Å². The summed E-state index contributed by atoms with van der Waals surface area (Å²) in [5.41, 5.74) is 0. The van der Waals surface area contributed by atoms with E-state index in [0.717, 1.165) is 77.0 Å². The van der Waals surface area contributed by atoms with Crippen molar-refractivity contribution in [1.29, 1.82) is 0 Å². The van der Waals surface area contributed by atoms with Gasteiger partial charge in [-0.3, -0.25) is 14.2 Å². The van der Waals surface area contributed by atoms with Crippen LogP contribution in [0.2, 0.25) is 0 Å². The van der Waals surface area contributed by atoms with Crippen LogP contribution in [-0.4, -0.2) is 69.4 Å². The second-order valence-electron chi connectivity index (χ2n) is 26.5. The van der Waals surface area contributed by atoms with Gasteiger partial charge in [-0.2, -0.15) is 0 Å². The number of quaternary nitrogens is 1. The number of carbonyl (C=O) groups excluding carboxylic acids is 2. The van der Waals surface area contributed by atoms with Gasteiger partial charge in [0.15, 0.2) is 0 Å². The van der Waals surface area contributed by atoms with E-state index in [1.165, 1.54) is 257 Å². The third-order valence-corrected chi connectivity index (χ3v) is 17.7. The van der Waals surface area contributed by atoms with Crippen LogP contribution >= 0.6 is 7.82 Å². The Labute approximate surface area is 529 Å². The SMILES string of the molecule is CCCCC/C=C\C/C=C\C/C=C\CCCCCCCCCCCCC(=O)NC(COP(=O)([O-])OCC[N+](C)(C)C)C(/C=C/CCCCCCCCCCC)OC(=O)CCCCCCCCCCCCCCCCCCCCCCCCCCC. The molecule has 3 atom stereocenters. The van der Waals surface area contributed by atoms with E-state index in [1.54, 1.807) is 0 Å². The molecule has 10 heteroatoms. The molecule has 1 amide bonds. The molecule has 0 aliphatic rings. The number of nitrogens with one attached hydrogen (secondary N) is 1. The number of phosphoric acid groups is 1. The fraction of sp³-hybridized carbons (Fsp3) is 0.867. The number of unbranched alkanes of at least 4 members (excludes halogenated alkanes) is 46. The van der Waals surface area contributed by atoms with Gasteiger partial charge in [-0.1, -0.05) is 333 Å². The monoisotopic (exact) mass is 1220 g/mol. The average molecular weight is 1220 g/mol. The second kappa shape index (κ2) is 64.9. The van der Waals surface area contributed by atoms with Crippen LogP contribution in [0.1, 0.15) is 367 Å². The number of amides is 1. The number of carbonyl (C=O) groups is 2. The summed E-state index contributed by atoms with van der Waals surface area (Å²) in [7, 11) is 1.20. The zero-order valence-electron chi connectivity index (χ0n) is 57.3. The minimum atomic E-state index is -4.70. The van der Waals surface area contributed by atoms with Crippen molar-refractivity contribution in [3.05, 3.63) is 48.6 Å². The number of hydrogen-bond acceptors (Lipinski definition) is 7. The van der Waals surface area contributed by atoms with Gasteiger partial charge in [0.2, 0.25) is 5.91 Å². The molecule has 0 aromatic carbocycles. The molecule has 0 aliphatic carbocycles. The van der Waals surface area contributed by atoms with E-state index in [4.69, 9.17) is 13.8 Å². The minimum absolute atomic E-state index is 0.0215. The average Bonchev–Trinajstić information content (AvgIpc) is 3.62. The molecule has 0 heterocycles. The van der Waals surface area contributed by atoms with E-state index >= 15 is 0 Å². The molecule has 9 nitrogen and oxygen atoms in total. The van der Waals surface area contributed by atoms with Crippen molar-refractivity contribution in [1.82, 2.24) is 5.32 Å². The molecule has 0 saturated carbocycles. The first-order valence-corrected chi connectivity index (χ1v) is 38.4. The van der Waals surface area contributed by atoms with Gasteiger partial charge >= 0.3 is 5.97 Å². The number of rotatable bonds is 68. The second-order valence-corrected chi connectivity index (χ2v) is 27.9. The third-order valence-electron chi connectivity index (χ3n) is 16.8. The summed E-state index contributed by atoms with van der Waals surface area (Å²) in [6.45, 7) is 6.87. The first kappa shape index (κ1) is 83.0. The highest BCUT2D eigenvalue weighted by Crippen LogP contribution is 2.38. The highest BCUT2D eigenvalue weighted by molar-refractivity contribution is 7.45. The fourth-order valence-corrected chi connectivity index (χ4v) is 11.8. The van der Waals surface area contributed by atoms with Crippen LogP contribution < -0.4 is 10.2 Å². The predicted octanol–water partition coefficient (Wildman–Crippen LogP) is 22.9.